The zero-order valence-electron chi connectivity index (χ0n) is 7.20. The summed E-state index contributed by atoms with van der Waals surface area (Å²) in [6, 6.07) is 1.85. The summed E-state index contributed by atoms with van der Waals surface area (Å²) >= 11 is 5.46. The fraction of sp³-hybridized carbons (Fsp3) is 0.125. The molecule has 2 N–H and O–H groups in total. The van der Waals surface area contributed by atoms with Gasteiger partial charge >= 0.3 is 0 Å². The van der Waals surface area contributed by atoms with E-state index in [0.29, 0.717) is 0 Å². The number of benzene rings is 1. The molecule has 0 atom stereocenters. The standard InChI is InChI=1S/C8H7ClF2N2O/c1-12-13-8(14)5-2-4(9)3-6(10)7(5)11/h2-3,12H,1H3,(H,13,14). The highest BCUT2D eigenvalue weighted by Gasteiger charge is 2.16. The first-order valence-corrected chi connectivity index (χ1v) is 4.05. The van der Waals surface area contributed by atoms with Crippen LogP contribution in [-0.2, 0) is 0 Å². The van der Waals surface area contributed by atoms with Gasteiger partial charge in [0.1, 0.15) is 0 Å². The quantitative estimate of drug-likeness (QED) is 0.586. The molecule has 76 valence electrons. The predicted molar refractivity (Wildman–Crippen MR) is 47.9 cm³/mol. The molecule has 0 bridgehead atoms. The summed E-state index contributed by atoms with van der Waals surface area (Å²) in [5.41, 5.74) is 3.96. The van der Waals surface area contributed by atoms with Gasteiger partial charge in [-0.2, -0.15) is 0 Å². The third kappa shape index (κ3) is 2.18. The van der Waals surface area contributed by atoms with Crippen molar-refractivity contribution in [1.82, 2.24) is 10.9 Å². The van der Waals surface area contributed by atoms with Gasteiger partial charge in [-0.1, -0.05) is 11.6 Å². The molecule has 1 rings (SSSR count). The molecule has 0 unspecified atom stereocenters. The lowest BCUT2D eigenvalue weighted by Crippen LogP contribution is -2.34. The minimum atomic E-state index is -1.22. The highest BCUT2D eigenvalue weighted by molar-refractivity contribution is 6.31. The number of carbonyl (C=O) groups is 1. The lowest BCUT2D eigenvalue weighted by molar-refractivity contribution is 0.0933. The van der Waals surface area contributed by atoms with E-state index in [1.165, 1.54) is 7.05 Å². The van der Waals surface area contributed by atoms with Crippen molar-refractivity contribution in [3.8, 4) is 0 Å². The Balaban J connectivity index is 3.13. The van der Waals surface area contributed by atoms with Crippen LogP contribution in [0.5, 0.6) is 0 Å². The van der Waals surface area contributed by atoms with Crippen molar-refractivity contribution < 1.29 is 13.6 Å². The van der Waals surface area contributed by atoms with Crippen LogP contribution in [0.1, 0.15) is 10.4 Å². The topological polar surface area (TPSA) is 41.1 Å². The minimum Gasteiger partial charge on any atom is -0.288 e. The Bertz CT molecular complexity index is 371. The van der Waals surface area contributed by atoms with Crippen LogP contribution in [0.3, 0.4) is 0 Å². The third-order valence-corrected chi connectivity index (χ3v) is 1.69. The summed E-state index contributed by atoms with van der Waals surface area (Å²) in [5, 5.41) is -0.0369. The maximum absolute atomic E-state index is 13.0. The molecular weight excluding hydrogens is 214 g/mol. The summed E-state index contributed by atoms with van der Waals surface area (Å²) in [6.07, 6.45) is 0. The van der Waals surface area contributed by atoms with Gasteiger partial charge in [0.05, 0.1) is 5.56 Å². The van der Waals surface area contributed by atoms with Crippen LogP contribution in [-0.4, -0.2) is 13.0 Å². The van der Waals surface area contributed by atoms with Crippen LogP contribution in [0.4, 0.5) is 8.78 Å². The zero-order valence-corrected chi connectivity index (χ0v) is 7.95. The Morgan fingerprint density at radius 1 is 1.43 bits per heavy atom. The second-order valence-electron chi connectivity index (χ2n) is 2.45. The summed E-state index contributed by atoms with van der Waals surface area (Å²) in [6.45, 7) is 0. The number of hydrogen-bond acceptors (Lipinski definition) is 2. The van der Waals surface area contributed by atoms with Gasteiger partial charge in [-0.15, -0.1) is 0 Å². The molecule has 0 saturated carbocycles. The van der Waals surface area contributed by atoms with Gasteiger partial charge in [-0.3, -0.25) is 10.2 Å². The van der Waals surface area contributed by atoms with E-state index in [0.717, 1.165) is 12.1 Å². The van der Waals surface area contributed by atoms with Crippen LogP contribution >= 0.6 is 11.6 Å². The maximum atomic E-state index is 13.0. The van der Waals surface area contributed by atoms with E-state index in [1.807, 2.05) is 0 Å². The van der Waals surface area contributed by atoms with Gasteiger partial charge in [0.25, 0.3) is 5.91 Å². The summed E-state index contributed by atoms with van der Waals surface area (Å²) in [5.74, 6) is -3.16. The first-order valence-electron chi connectivity index (χ1n) is 3.68. The summed E-state index contributed by atoms with van der Waals surface area (Å²) in [7, 11) is 1.43. The molecule has 1 aromatic carbocycles. The lowest BCUT2D eigenvalue weighted by Gasteiger charge is -2.05. The SMILES string of the molecule is CNNC(=O)c1cc(Cl)cc(F)c1F. The van der Waals surface area contributed by atoms with Crippen molar-refractivity contribution in [3.63, 3.8) is 0 Å². The molecule has 6 heteroatoms. The van der Waals surface area contributed by atoms with E-state index in [4.69, 9.17) is 11.6 Å². The average molecular weight is 221 g/mol. The summed E-state index contributed by atoms with van der Waals surface area (Å²) in [4.78, 5) is 11.1. The molecule has 0 aliphatic carbocycles. The van der Waals surface area contributed by atoms with E-state index in [-0.39, 0.29) is 5.02 Å². The first kappa shape index (κ1) is 10.9. The Morgan fingerprint density at radius 3 is 2.64 bits per heavy atom. The number of hydrazine groups is 1. The molecule has 0 saturated heterocycles. The zero-order chi connectivity index (χ0) is 10.7. The fourth-order valence-corrected chi connectivity index (χ4v) is 1.11. The smallest absolute Gasteiger partial charge is 0.268 e. The molecule has 1 amide bonds. The van der Waals surface area contributed by atoms with Crippen molar-refractivity contribution >= 4 is 17.5 Å². The average Bonchev–Trinajstić information content (AvgIpc) is 2.11. The first-order chi connectivity index (χ1) is 6.56. The van der Waals surface area contributed by atoms with Crippen molar-refractivity contribution in [2.45, 2.75) is 0 Å². The molecule has 0 aliphatic rings. The number of nitrogens with one attached hydrogen (secondary N) is 2. The van der Waals surface area contributed by atoms with Gasteiger partial charge in [-0.25, -0.2) is 14.2 Å². The fourth-order valence-electron chi connectivity index (χ4n) is 0.902. The van der Waals surface area contributed by atoms with Gasteiger partial charge < -0.3 is 0 Å². The monoisotopic (exact) mass is 220 g/mol. The molecule has 0 aromatic heterocycles. The number of carbonyl (C=O) groups excluding carboxylic acids is 1. The van der Waals surface area contributed by atoms with Crippen molar-refractivity contribution in [3.05, 3.63) is 34.4 Å². The molecular formula is C8H7ClF2N2O. The van der Waals surface area contributed by atoms with E-state index >= 15 is 0 Å². The Hall–Kier alpha value is -1.20. The Labute approximate surface area is 84.0 Å². The van der Waals surface area contributed by atoms with Crippen molar-refractivity contribution in [2.24, 2.45) is 0 Å². The lowest BCUT2D eigenvalue weighted by atomic mass is 10.2. The van der Waals surface area contributed by atoms with Gasteiger partial charge in [0.2, 0.25) is 0 Å². The Morgan fingerprint density at radius 2 is 2.07 bits per heavy atom. The van der Waals surface area contributed by atoms with Crippen LogP contribution in [0, 0.1) is 11.6 Å². The molecule has 0 aliphatic heterocycles. The van der Waals surface area contributed by atoms with E-state index in [2.05, 4.69) is 10.9 Å². The molecule has 0 heterocycles. The highest BCUT2D eigenvalue weighted by Crippen LogP contribution is 2.18. The second-order valence-corrected chi connectivity index (χ2v) is 2.89. The molecule has 1 aromatic rings. The van der Waals surface area contributed by atoms with Crippen LogP contribution < -0.4 is 10.9 Å². The van der Waals surface area contributed by atoms with Gasteiger partial charge in [-0.05, 0) is 12.1 Å². The molecule has 0 radical (unpaired) electrons. The van der Waals surface area contributed by atoms with Crippen LogP contribution in [0.15, 0.2) is 12.1 Å². The van der Waals surface area contributed by atoms with Gasteiger partial charge in [0, 0.05) is 12.1 Å². The maximum Gasteiger partial charge on any atom is 0.268 e. The molecule has 0 fully saturated rings. The van der Waals surface area contributed by atoms with E-state index in [9.17, 15) is 13.6 Å². The molecule has 14 heavy (non-hydrogen) atoms. The minimum absolute atomic E-state index is 0.0369. The predicted octanol–water partition coefficient (Wildman–Crippen LogP) is 1.48. The van der Waals surface area contributed by atoms with Crippen molar-refractivity contribution in [2.75, 3.05) is 7.05 Å². The Kier molecular flexibility index (Phi) is 3.38. The van der Waals surface area contributed by atoms with E-state index < -0.39 is 23.1 Å². The van der Waals surface area contributed by atoms with Crippen LogP contribution in [0.2, 0.25) is 5.02 Å². The normalized spacial score (nSPS) is 10.0. The molecule has 3 nitrogen and oxygen atoms in total. The van der Waals surface area contributed by atoms with Crippen molar-refractivity contribution in [1.29, 1.82) is 0 Å². The van der Waals surface area contributed by atoms with Gasteiger partial charge in [0.15, 0.2) is 11.6 Å². The number of amides is 1. The van der Waals surface area contributed by atoms with E-state index in [1.54, 1.807) is 0 Å². The molecule has 0 spiro atoms. The highest BCUT2D eigenvalue weighted by atomic mass is 35.5. The third-order valence-electron chi connectivity index (χ3n) is 1.48. The van der Waals surface area contributed by atoms with Crippen LogP contribution in [0.25, 0.3) is 0 Å². The second kappa shape index (κ2) is 4.34. The number of hydrogen-bond donors (Lipinski definition) is 2. The summed E-state index contributed by atoms with van der Waals surface area (Å²) < 4.78 is 25.8. The number of rotatable bonds is 2. The largest absolute Gasteiger partial charge is 0.288 e. The number of halogens is 3.